The van der Waals surface area contributed by atoms with Gasteiger partial charge >= 0.3 is 5.97 Å². The van der Waals surface area contributed by atoms with E-state index in [9.17, 15) is 14.4 Å². The number of para-hydroxylation sites is 2. The lowest BCUT2D eigenvalue weighted by Gasteiger charge is -2.22. The third-order valence-electron chi connectivity index (χ3n) is 3.92. The topological polar surface area (TPSA) is 75.7 Å². The van der Waals surface area contributed by atoms with E-state index >= 15 is 0 Å². The van der Waals surface area contributed by atoms with Gasteiger partial charge in [0.15, 0.2) is 0 Å². The third-order valence-corrected chi connectivity index (χ3v) is 3.92. The van der Waals surface area contributed by atoms with Crippen LogP contribution in [0.1, 0.15) is 37.0 Å². The molecule has 142 valence electrons. The van der Waals surface area contributed by atoms with Crippen molar-refractivity contribution in [3.63, 3.8) is 0 Å². The van der Waals surface area contributed by atoms with Crippen LogP contribution in [0.4, 0.5) is 11.4 Å². The van der Waals surface area contributed by atoms with E-state index in [2.05, 4.69) is 5.32 Å². The van der Waals surface area contributed by atoms with Gasteiger partial charge in [-0.25, -0.2) is 0 Å². The van der Waals surface area contributed by atoms with Gasteiger partial charge in [-0.2, -0.15) is 0 Å². The molecule has 0 aliphatic heterocycles. The summed E-state index contributed by atoms with van der Waals surface area (Å²) in [5, 5.41) is 2.73. The molecule has 2 aromatic carbocycles. The quantitative estimate of drug-likeness (QED) is 0.722. The monoisotopic (exact) mass is 368 g/mol. The van der Waals surface area contributed by atoms with Crippen LogP contribution in [0.25, 0.3) is 0 Å². The summed E-state index contributed by atoms with van der Waals surface area (Å²) < 4.78 is 4.82. The molecule has 0 aliphatic rings. The van der Waals surface area contributed by atoms with E-state index in [0.717, 1.165) is 5.69 Å². The largest absolute Gasteiger partial charge is 0.466 e. The summed E-state index contributed by atoms with van der Waals surface area (Å²) in [5.74, 6) is -0.964. The van der Waals surface area contributed by atoms with Gasteiger partial charge in [0.25, 0.3) is 5.91 Å². The van der Waals surface area contributed by atoms with Crippen molar-refractivity contribution in [2.75, 3.05) is 23.4 Å². The maximum Gasteiger partial charge on any atom is 0.306 e. The lowest BCUT2D eigenvalue weighted by molar-refractivity contribution is -0.144. The second kappa shape index (κ2) is 10.1. The number of nitrogens with one attached hydrogen (secondary N) is 1. The summed E-state index contributed by atoms with van der Waals surface area (Å²) in [5.41, 5.74) is 1.60. The molecule has 2 amide bonds. The smallest absolute Gasteiger partial charge is 0.306 e. The minimum absolute atomic E-state index is 0.000880. The van der Waals surface area contributed by atoms with Gasteiger partial charge in [-0.05, 0) is 38.1 Å². The molecule has 0 unspecified atom stereocenters. The number of carbonyl (C=O) groups excluding carboxylic acids is 3. The van der Waals surface area contributed by atoms with Crippen molar-refractivity contribution >= 4 is 29.2 Å². The molecule has 0 spiro atoms. The van der Waals surface area contributed by atoms with Crippen molar-refractivity contribution in [2.45, 2.75) is 26.7 Å². The van der Waals surface area contributed by atoms with Gasteiger partial charge in [0.05, 0.1) is 24.3 Å². The number of ether oxygens (including phenoxy) is 1. The van der Waals surface area contributed by atoms with E-state index in [-0.39, 0.29) is 31.3 Å². The van der Waals surface area contributed by atoms with E-state index in [1.165, 1.54) is 0 Å². The highest BCUT2D eigenvalue weighted by Crippen LogP contribution is 2.22. The molecule has 2 aromatic rings. The Labute approximate surface area is 159 Å². The summed E-state index contributed by atoms with van der Waals surface area (Å²) in [6, 6.07) is 16.2. The highest BCUT2D eigenvalue weighted by Gasteiger charge is 2.20. The molecule has 27 heavy (non-hydrogen) atoms. The number of esters is 1. The Hall–Kier alpha value is -3.15. The number of benzene rings is 2. The Morgan fingerprint density at radius 2 is 1.59 bits per heavy atom. The van der Waals surface area contributed by atoms with Crippen LogP contribution in [-0.4, -0.2) is 30.9 Å². The molecule has 0 fully saturated rings. The number of carbonyl (C=O) groups is 3. The highest BCUT2D eigenvalue weighted by molar-refractivity contribution is 6.11. The Kier molecular flexibility index (Phi) is 7.55. The van der Waals surface area contributed by atoms with Crippen LogP contribution in [0.15, 0.2) is 54.6 Å². The van der Waals surface area contributed by atoms with Crippen molar-refractivity contribution in [1.82, 2.24) is 0 Å². The van der Waals surface area contributed by atoms with Crippen molar-refractivity contribution in [1.29, 1.82) is 0 Å². The fourth-order valence-corrected chi connectivity index (χ4v) is 2.64. The van der Waals surface area contributed by atoms with Gasteiger partial charge in [-0.1, -0.05) is 30.3 Å². The number of rotatable bonds is 8. The Balaban J connectivity index is 2.13. The Bertz CT molecular complexity index is 790. The number of hydrogen-bond acceptors (Lipinski definition) is 4. The third kappa shape index (κ3) is 5.67. The molecule has 0 aliphatic carbocycles. The van der Waals surface area contributed by atoms with Crippen molar-refractivity contribution in [3.05, 3.63) is 60.2 Å². The van der Waals surface area contributed by atoms with Crippen LogP contribution in [-0.2, 0) is 14.3 Å². The first-order valence-electron chi connectivity index (χ1n) is 8.98. The minimum atomic E-state index is -0.418. The van der Waals surface area contributed by atoms with Gasteiger partial charge in [0.2, 0.25) is 5.91 Å². The number of hydrogen-bond donors (Lipinski definition) is 1. The lowest BCUT2D eigenvalue weighted by Crippen LogP contribution is -2.31. The molecular formula is C21H24N2O4. The summed E-state index contributed by atoms with van der Waals surface area (Å²) in [7, 11) is 0. The first-order chi connectivity index (χ1) is 13.1. The maximum atomic E-state index is 13.0. The second-order valence-corrected chi connectivity index (χ2v) is 5.78. The molecule has 0 aromatic heterocycles. The normalized spacial score (nSPS) is 10.1. The zero-order valence-electron chi connectivity index (χ0n) is 15.6. The zero-order chi connectivity index (χ0) is 19.6. The number of anilines is 2. The lowest BCUT2D eigenvalue weighted by atomic mass is 10.1. The Morgan fingerprint density at radius 1 is 0.926 bits per heavy atom. The molecule has 0 atom stereocenters. The molecular weight excluding hydrogens is 344 g/mol. The van der Waals surface area contributed by atoms with Crippen LogP contribution in [0.2, 0.25) is 0 Å². The van der Waals surface area contributed by atoms with Gasteiger partial charge in [-0.3, -0.25) is 14.4 Å². The molecule has 0 heterocycles. The van der Waals surface area contributed by atoms with Crippen molar-refractivity contribution in [2.24, 2.45) is 0 Å². The fourth-order valence-electron chi connectivity index (χ4n) is 2.64. The molecule has 0 saturated carbocycles. The molecule has 2 rings (SSSR count). The first kappa shape index (κ1) is 20.2. The zero-order valence-corrected chi connectivity index (χ0v) is 15.6. The maximum absolute atomic E-state index is 13.0. The van der Waals surface area contributed by atoms with E-state index in [0.29, 0.717) is 17.8 Å². The summed E-state index contributed by atoms with van der Waals surface area (Å²) in [6.45, 7) is 4.38. The van der Waals surface area contributed by atoms with E-state index < -0.39 is 5.97 Å². The molecule has 0 radical (unpaired) electrons. The van der Waals surface area contributed by atoms with Crippen LogP contribution in [0.3, 0.4) is 0 Å². The molecule has 0 bridgehead atoms. The second-order valence-electron chi connectivity index (χ2n) is 5.78. The fraction of sp³-hybridized carbons (Fsp3) is 0.286. The average Bonchev–Trinajstić information content (AvgIpc) is 2.68. The SMILES string of the molecule is CCOC(=O)CCC(=O)Nc1ccccc1C(=O)N(CC)c1ccccc1. The first-order valence-corrected chi connectivity index (χ1v) is 8.98. The van der Waals surface area contributed by atoms with Gasteiger partial charge in [0, 0.05) is 18.7 Å². The van der Waals surface area contributed by atoms with Crippen LogP contribution >= 0.6 is 0 Å². The predicted octanol–water partition coefficient (Wildman–Crippen LogP) is 3.64. The van der Waals surface area contributed by atoms with E-state index in [1.807, 2.05) is 37.3 Å². The summed E-state index contributed by atoms with van der Waals surface area (Å²) in [4.78, 5) is 38.2. The number of nitrogens with zero attached hydrogens (tertiary/aromatic N) is 1. The van der Waals surface area contributed by atoms with Crippen LogP contribution in [0, 0.1) is 0 Å². The predicted molar refractivity (Wildman–Crippen MR) is 105 cm³/mol. The Morgan fingerprint density at radius 3 is 2.26 bits per heavy atom. The van der Waals surface area contributed by atoms with E-state index in [4.69, 9.17) is 4.74 Å². The molecule has 6 heteroatoms. The van der Waals surface area contributed by atoms with Crippen molar-refractivity contribution < 1.29 is 19.1 Å². The van der Waals surface area contributed by atoms with E-state index in [1.54, 1.807) is 36.1 Å². The van der Waals surface area contributed by atoms with Gasteiger partial charge < -0.3 is 15.0 Å². The van der Waals surface area contributed by atoms with Crippen molar-refractivity contribution in [3.8, 4) is 0 Å². The molecule has 1 N–H and O–H groups in total. The average molecular weight is 368 g/mol. The van der Waals surface area contributed by atoms with Crippen LogP contribution in [0.5, 0.6) is 0 Å². The highest BCUT2D eigenvalue weighted by atomic mass is 16.5. The number of amides is 2. The van der Waals surface area contributed by atoms with Gasteiger partial charge in [0.1, 0.15) is 0 Å². The van der Waals surface area contributed by atoms with Gasteiger partial charge in [-0.15, -0.1) is 0 Å². The summed E-state index contributed by atoms with van der Waals surface area (Å²) >= 11 is 0. The molecule has 6 nitrogen and oxygen atoms in total. The molecule has 0 saturated heterocycles. The van der Waals surface area contributed by atoms with Crippen LogP contribution < -0.4 is 10.2 Å². The minimum Gasteiger partial charge on any atom is -0.466 e. The standard InChI is InChI=1S/C21H24N2O4/c1-3-23(16-10-6-5-7-11-16)21(26)17-12-8-9-13-18(17)22-19(24)14-15-20(25)27-4-2/h5-13H,3-4,14-15H2,1-2H3,(H,22,24). The summed E-state index contributed by atoms with van der Waals surface area (Å²) in [6.07, 6.45) is -0.00157.